The number of ether oxygens (including phenoxy) is 2. The van der Waals surface area contributed by atoms with E-state index in [-0.39, 0.29) is 18.3 Å². The highest BCUT2D eigenvalue weighted by atomic mass is 16.5. The van der Waals surface area contributed by atoms with Crippen molar-refractivity contribution in [3.63, 3.8) is 0 Å². The number of rotatable bonds is 9. The van der Waals surface area contributed by atoms with Gasteiger partial charge in [-0.15, -0.1) is 0 Å². The van der Waals surface area contributed by atoms with E-state index in [0.717, 1.165) is 17.7 Å². The summed E-state index contributed by atoms with van der Waals surface area (Å²) < 4.78 is 10.1. The third-order valence-electron chi connectivity index (χ3n) is 3.28. The second-order valence-corrected chi connectivity index (χ2v) is 4.99. The van der Waals surface area contributed by atoms with E-state index in [2.05, 4.69) is 11.7 Å². The Morgan fingerprint density at radius 2 is 1.87 bits per heavy atom. The summed E-state index contributed by atoms with van der Waals surface area (Å²) in [6, 6.07) is 7.57. The Morgan fingerprint density at radius 3 is 2.43 bits per heavy atom. The number of amides is 1. The lowest BCUT2D eigenvalue weighted by Crippen LogP contribution is -2.31. The van der Waals surface area contributed by atoms with Crippen LogP contribution in [0.4, 0.5) is 0 Å². The number of carbonyl (C=O) groups is 2. The van der Waals surface area contributed by atoms with Crippen LogP contribution in [0.3, 0.4) is 0 Å². The summed E-state index contributed by atoms with van der Waals surface area (Å²) in [5, 5.41) is 0. The van der Waals surface area contributed by atoms with Crippen LogP contribution in [0.2, 0.25) is 0 Å². The van der Waals surface area contributed by atoms with E-state index in [1.165, 1.54) is 13.2 Å². The fraction of sp³-hybridized carbons (Fsp3) is 0.444. The van der Waals surface area contributed by atoms with Gasteiger partial charge in [-0.25, -0.2) is 0 Å². The number of likely N-dealkylation sites (N-methyl/N-ethyl adjacent to an activating group) is 1. The lowest BCUT2D eigenvalue weighted by atomic mass is 10.2. The first-order valence-electron chi connectivity index (χ1n) is 7.87. The number of methoxy groups -OCH3 is 1. The Morgan fingerprint density at radius 1 is 1.17 bits per heavy atom. The van der Waals surface area contributed by atoms with Crippen molar-refractivity contribution in [3.05, 3.63) is 35.9 Å². The zero-order valence-electron chi connectivity index (χ0n) is 14.1. The Hall–Kier alpha value is -2.30. The van der Waals surface area contributed by atoms with Gasteiger partial charge in [0, 0.05) is 19.2 Å². The van der Waals surface area contributed by atoms with Crippen molar-refractivity contribution in [2.45, 2.75) is 26.7 Å². The first kappa shape index (κ1) is 18.7. The van der Waals surface area contributed by atoms with Crippen molar-refractivity contribution < 1.29 is 19.1 Å². The highest BCUT2D eigenvalue weighted by Crippen LogP contribution is 2.13. The second-order valence-electron chi connectivity index (χ2n) is 4.99. The number of hydrogen-bond acceptors (Lipinski definition) is 4. The normalized spacial score (nSPS) is 10.6. The maximum absolute atomic E-state index is 12.1. The molecular weight excluding hydrogens is 294 g/mol. The first-order chi connectivity index (χ1) is 11.1. The third kappa shape index (κ3) is 7.00. The van der Waals surface area contributed by atoms with Gasteiger partial charge in [0.25, 0.3) is 0 Å². The fourth-order valence-electron chi connectivity index (χ4n) is 1.92. The molecule has 5 nitrogen and oxygen atoms in total. The molecule has 0 aromatic heterocycles. The maximum atomic E-state index is 12.1. The van der Waals surface area contributed by atoms with Crippen molar-refractivity contribution in [2.75, 3.05) is 26.8 Å². The SMILES string of the molecule is CCCOc1ccc(/C=C/C(=O)N(CC)CCC(=O)OC)cc1. The first-order valence-corrected chi connectivity index (χ1v) is 7.87. The van der Waals surface area contributed by atoms with Crippen LogP contribution >= 0.6 is 0 Å². The summed E-state index contributed by atoms with van der Waals surface area (Å²) in [6.07, 6.45) is 4.44. The smallest absolute Gasteiger partial charge is 0.307 e. The van der Waals surface area contributed by atoms with Gasteiger partial charge in [0.2, 0.25) is 5.91 Å². The molecule has 0 fully saturated rings. The summed E-state index contributed by atoms with van der Waals surface area (Å²) in [5.74, 6) is 0.384. The van der Waals surface area contributed by atoms with Crippen molar-refractivity contribution in [2.24, 2.45) is 0 Å². The molecule has 0 bridgehead atoms. The molecule has 0 N–H and O–H groups in total. The molecule has 0 saturated carbocycles. The standard InChI is InChI=1S/C18H25NO4/c1-4-14-23-16-9-6-15(7-10-16)8-11-17(20)19(5-2)13-12-18(21)22-3/h6-11H,4-5,12-14H2,1-3H3/b11-8+. The van der Waals surface area contributed by atoms with Gasteiger partial charge in [0.1, 0.15) is 5.75 Å². The van der Waals surface area contributed by atoms with Gasteiger partial charge >= 0.3 is 5.97 Å². The van der Waals surface area contributed by atoms with E-state index in [0.29, 0.717) is 19.7 Å². The minimum atomic E-state index is -0.317. The molecule has 0 saturated heterocycles. The average Bonchev–Trinajstić information content (AvgIpc) is 2.59. The van der Waals surface area contributed by atoms with Crippen LogP contribution in [0.15, 0.2) is 30.3 Å². The summed E-state index contributed by atoms with van der Waals surface area (Å²) >= 11 is 0. The monoisotopic (exact) mass is 319 g/mol. The van der Waals surface area contributed by atoms with Crippen molar-refractivity contribution in [3.8, 4) is 5.75 Å². The average molecular weight is 319 g/mol. The van der Waals surface area contributed by atoms with Crippen molar-refractivity contribution in [1.82, 2.24) is 4.90 Å². The predicted molar refractivity (Wildman–Crippen MR) is 90.1 cm³/mol. The molecule has 1 amide bonds. The van der Waals surface area contributed by atoms with Crippen LogP contribution < -0.4 is 4.74 Å². The zero-order chi connectivity index (χ0) is 17.1. The number of nitrogens with zero attached hydrogens (tertiary/aromatic N) is 1. The molecular formula is C18H25NO4. The van der Waals surface area contributed by atoms with Crippen LogP contribution in [0, 0.1) is 0 Å². The van der Waals surface area contributed by atoms with Crippen molar-refractivity contribution in [1.29, 1.82) is 0 Å². The Balaban J connectivity index is 2.56. The molecule has 23 heavy (non-hydrogen) atoms. The minimum absolute atomic E-state index is 0.122. The van der Waals surface area contributed by atoms with E-state index in [4.69, 9.17) is 4.74 Å². The van der Waals surface area contributed by atoms with E-state index < -0.39 is 0 Å². The summed E-state index contributed by atoms with van der Waals surface area (Å²) in [7, 11) is 1.34. The van der Waals surface area contributed by atoms with Crippen LogP contribution in [0.1, 0.15) is 32.3 Å². The zero-order valence-corrected chi connectivity index (χ0v) is 14.1. The van der Waals surface area contributed by atoms with E-state index in [1.807, 2.05) is 31.2 Å². The molecule has 0 spiro atoms. The summed E-state index contributed by atoms with van der Waals surface area (Å²) in [5.41, 5.74) is 0.922. The van der Waals surface area contributed by atoms with Crippen LogP contribution in [0.5, 0.6) is 5.75 Å². The fourth-order valence-corrected chi connectivity index (χ4v) is 1.92. The van der Waals surface area contributed by atoms with Crippen LogP contribution in [-0.2, 0) is 14.3 Å². The van der Waals surface area contributed by atoms with Crippen LogP contribution in [0.25, 0.3) is 6.08 Å². The lowest BCUT2D eigenvalue weighted by Gasteiger charge is -2.18. The number of esters is 1. The topological polar surface area (TPSA) is 55.8 Å². The third-order valence-corrected chi connectivity index (χ3v) is 3.28. The largest absolute Gasteiger partial charge is 0.494 e. The molecule has 1 rings (SSSR count). The van der Waals surface area contributed by atoms with Gasteiger partial charge < -0.3 is 14.4 Å². The molecule has 1 aromatic carbocycles. The van der Waals surface area contributed by atoms with Gasteiger partial charge in [-0.1, -0.05) is 19.1 Å². The van der Waals surface area contributed by atoms with E-state index in [1.54, 1.807) is 11.0 Å². The summed E-state index contributed by atoms with van der Waals surface area (Å²) in [4.78, 5) is 24.9. The van der Waals surface area contributed by atoms with E-state index in [9.17, 15) is 9.59 Å². The molecule has 0 aliphatic heterocycles. The summed E-state index contributed by atoms with van der Waals surface area (Å²) in [6.45, 7) is 5.53. The number of carbonyl (C=O) groups excluding carboxylic acids is 2. The van der Waals surface area contributed by atoms with Crippen LogP contribution in [-0.4, -0.2) is 43.6 Å². The van der Waals surface area contributed by atoms with Gasteiger partial charge in [-0.2, -0.15) is 0 Å². The van der Waals surface area contributed by atoms with Gasteiger partial charge in [-0.3, -0.25) is 9.59 Å². The second kappa shape index (κ2) is 10.4. The highest BCUT2D eigenvalue weighted by Gasteiger charge is 2.10. The van der Waals surface area contributed by atoms with Gasteiger partial charge in [0.05, 0.1) is 20.1 Å². The number of hydrogen-bond donors (Lipinski definition) is 0. The molecule has 5 heteroatoms. The van der Waals surface area contributed by atoms with E-state index >= 15 is 0 Å². The highest BCUT2D eigenvalue weighted by molar-refractivity contribution is 5.92. The molecule has 126 valence electrons. The molecule has 0 atom stereocenters. The Bertz CT molecular complexity index is 522. The Labute approximate surface area is 137 Å². The molecule has 0 unspecified atom stereocenters. The molecule has 0 aliphatic rings. The number of benzene rings is 1. The van der Waals surface area contributed by atoms with Gasteiger partial charge in [0.15, 0.2) is 0 Å². The quantitative estimate of drug-likeness (QED) is 0.519. The molecule has 1 aromatic rings. The molecule has 0 radical (unpaired) electrons. The molecule has 0 heterocycles. The maximum Gasteiger partial charge on any atom is 0.307 e. The minimum Gasteiger partial charge on any atom is -0.494 e. The molecule has 0 aliphatic carbocycles. The Kier molecular flexibility index (Phi) is 8.50. The predicted octanol–water partition coefficient (Wildman–Crippen LogP) is 2.90. The van der Waals surface area contributed by atoms with Gasteiger partial charge in [-0.05, 0) is 37.1 Å². The van der Waals surface area contributed by atoms with Crippen molar-refractivity contribution >= 4 is 18.0 Å². The lowest BCUT2D eigenvalue weighted by molar-refractivity contribution is -0.141.